The zero-order valence-corrected chi connectivity index (χ0v) is 15.7. The number of hydrogen-bond acceptors (Lipinski definition) is 5. The number of carbonyl (C=O) groups is 1. The van der Waals surface area contributed by atoms with E-state index in [1.165, 1.54) is 0 Å². The predicted octanol–water partition coefficient (Wildman–Crippen LogP) is 2.32. The number of hydrogen-bond donors (Lipinski definition) is 2. The number of nitrogens with zero attached hydrogens (tertiary/aromatic N) is 4. The van der Waals surface area contributed by atoms with Crippen molar-refractivity contribution in [3.63, 3.8) is 0 Å². The maximum absolute atomic E-state index is 12.0. The average molecular weight is 374 g/mol. The van der Waals surface area contributed by atoms with Gasteiger partial charge in [0.05, 0.1) is 17.8 Å². The van der Waals surface area contributed by atoms with Gasteiger partial charge in [-0.25, -0.2) is 4.68 Å². The van der Waals surface area contributed by atoms with Crippen molar-refractivity contribution >= 4 is 11.7 Å². The fraction of sp³-hybridized carbons (Fsp3) is 0.238. The summed E-state index contributed by atoms with van der Waals surface area (Å²) < 4.78 is 1.58. The number of carbonyl (C=O) groups excluding carboxylic acids is 1. The average Bonchev–Trinajstić information content (AvgIpc) is 3.03. The summed E-state index contributed by atoms with van der Waals surface area (Å²) in [7, 11) is 0. The van der Waals surface area contributed by atoms with Gasteiger partial charge in [-0.3, -0.25) is 9.78 Å². The van der Waals surface area contributed by atoms with Crippen LogP contribution in [0.15, 0.2) is 48.7 Å². The number of amides is 1. The van der Waals surface area contributed by atoms with Crippen LogP contribution in [-0.4, -0.2) is 27.2 Å². The molecular formula is C21H22N6O. The minimum Gasteiger partial charge on any atom is -0.382 e. The Labute approximate surface area is 163 Å². The van der Waals surface area contributed by atoms with Crippen molar-refractivity contribution < 1.29 is 4.79 Å². The van der Waals surface area contributed by atoms with Gasteiger partial charge in [-0.05, 0) is 43.5 Å². The van der Waals surface area contributed by atoms with Crippen molar-refractivity contribution in [1.82, 2.24) is 20.1 Å². The molecule has 0 spiro atoms. The number of rotatable bonds is 7. The van der Waals surface area contributed by atoms with Crippen LogP contribution in [0.5, 0.6) is 0 Å². The van der Waals surface area contributed by atoms with Crippen molar-refractivity contribution in [3.05, 3.63) is 71.2 Å². The lowest BCUT2D eigenvalue weighted by Crippen LogP contribution is -2.26. The normalized spacial score (nSPS) is 10.4. The molecule has 0 saturated carbocycles. The monoisotopic (exact) mass is 374 g/mol. The fourth-order valence-corrected chi connectivity index (χ4v) is 2.88. The number of para-hydroxylation sites is 1. The highest BCUT2D eigenvalue weighted by atomic mass is 16.1. The number of pyridine rings is 1. The highest BCUT2D eigenvalue weighted by Gasteiger charge is 2.16. The van der Waals surface area contributed by atoms with E-state index < -0.39 is 0 Å². The summed E-state index contributed by atoms with van der Waals surface area (Å²) in [4.78, 5) is 16.2. The van der Waals surface area contributed by atoms with Gasteiger partial charge >= 0.3 is 0 Å². The van der Waals surface area contributed by atoms with Crippen LogP contribution in [0.2, 0.25) is 0 Å². The van der Waals surface area contributed by atoms with Gasteiger partial charge in [0.2, 0.25) is 5.91 Å². The molecule has 0 aliphatic heterocycles. The Morgan fingerprint density at radius 3 is 2.71 bits per heavy atom. The van der Waals surface area contributed by atoms with Gasteiger partial charge in [0.25, 0.3) is 0 Å². The molecule has 1 amide bonds. The second kappa shape index (κ2) is 8.82. The number of nitriles is 1. The van der Waals surface area contributed by atoms with Crippen molar-refractivity contribution in [2.45, 2.75) is 26.2 Å². The number of aromatic nitrogens is 3. The van der Waals surface area contributed by atoms with Gasteiger partial charge in [0.1, 0.15) is 17.5 Å². The van der Waals surface area contributed by atoms with Crippen LogP contribution in [0.1, 0.15) is 28.9 Å². The van der Waals surface area contributed by atoms with E-state index in [0.717, 1.165) is 16.9 Å². The maximum atomic E-state index is 12.0. The van der Waals surface area contributed by atoms with Gasteiger partial charge in [0.15, 0.2) is 0 Å². The van der Waals surface area contributed by atoms with E-state index in [1.807, 2.05) is 49.4 Å². The molecule has 142 valence electrons. The van der Waals surface area contributed by atoms with Crippen molar-refractivity contribution in [3.8, 4) is 11.8 Å². The molecule has 3 N–H and O–H groups in total. The summed E-state index contributed by atoms with van der Waals surface area (Å²) in [6.07, 6.45) is 3.23. The molecule has 3 aromatic rings. The predicted molar refractivity (Wildman–Crippen MR) is 107 cm³/mol. The van der Waals surface area contributed by atoms with Crippen LogP contribution in [0, 0.1) is 18.3 Å². The highest BCUT2D eigenvalue weighted by molar-refractivity contribution is 5.78. The molecule has 0 fully saturated rings. The van der Waals surface area contributed by atoms with E-state index >= 15 is 0 Å². The Bertz CT molecular complexity index is 986. The summed E-state index contributed by atoms with van der Waals surface area (Å²) in [5.74, 6) is 0.278. The molecule has 0 saturated heterocycles. The lowest BCUT2D eigenvalue weighted by Gasteiger charge is -2.05. The Kier molecular flexibility index (Phi) is 6.02. The number of aryl methyl sites for hydroxylation is 2. The van der Waals surface area contributed by atoms with Crippen LogP contribution in [0.25, 0.3) is 5.69 Å². The van der Waals surface area contributed by atoms with Gasteiger partial charge < -0.3 is 11.1 Å². The van der Waals surface area contributed by atoms with Gasteiger partial charge in [-0.2, -0.15) is 10.4 Å². The topological polar surface area (TPSA) is 110 Å². The molecule has 3 rings (SSSR count). The first kappa shape index (κ1) is 19.1. The van der Waals surface area contributed by atoms with E-state index in [2.05, 4.69) is 21.5 Å². The van der Waals surface area contributed by atoms with Gasteiger partial charge in [0, 0.05) is 18.4 Å². The Hall–Kier alpha value is -3.66. The quantitative estimate of drug-likeness (QED) is 0.617. The Balaban J connectivity index is 1.55. The summed E-state index contributed by atoms with van der Waals surface area (Å²) in [6.45, 7) is 2.41. The second-order valence-corrected chi connectivity index (χ2v) is 6.50. The maximum Gasteiger partial charge on any atom is 0.224 e. The minimum atomic E-state index is -0.0551. The molecule has 0 bridgehead atoms. The standard InChI is InChI=1S/C21H22N6O/c1-15-9-10-16(14-25-15)12-20(28)24-11-5-8-19-18(13-22)21(23)27(26-19)17-6-3-2-4-7-17/h2-4,6-7,9-10,14H,5,8,11-12,23H2,1H3,(H,24,28). The van der Waals surface area contributed by atoms with Crippen LogP contribution in [-0.2, 0) is 17.6 Å². The lowest BCUT2D eigenvalue weighted by atomic mass is 10.1. The minimum absolute atomic E-state index is 0.0551. The summed E-state index contributed by atoms with van der Waals surface area (Å²) in [5, 5.41) is 16.8. The Morgan fingerprint density at radius 2 is 2.04 bits per heavy atom. The molecule has 2 aromatic heterocycles. The van der Waals surface area contributed by atoms with Gasteiger partial charge in [-0.15, -0.1) is 0 Å². The highest BCUT2D eigenvalue weighted by Crippen LogP contribution is 2.21. The van der Waals surface area contributed by atoms with E-state index in [1.54, 1.807) is 10.9 Å². The van der Waals surface area contributed by atoms with Crippen LogP contribution < -0.4 is 11.1 Å². The van der Waals surface area contributed by atoms with E-state index in [9.17, 15) is 10.1 Å². The summed E-state index contributed by atoms with van der Waals surface area (Å²) in [5.41, 5.74) is 9.74. The zero-order chi connectivity index (χ0) is 19.9. The third-order valence-corrected chi connectivity index (χ3v) is 4.36. The molecule has 0 radical (unpaired) electrons. The molecule has 0 aliphatic carbocycles. The molecule has 7 heteroatoms. The number of nitrogen functional groups attached to an aromatic ring is 1. The molecule has 2 heterocycles. The SMILES string of the molecule is Cc1ccc(CC(=O)NCCCc2nn(-c3ccccc3)c(N)c2C#N)cn1. The van der Waals surface area contributed by atoms with Crippen LogP contribution >= 0.6 is 0 Å². The Morgan fingerprint density at radius 1 is 1.25 bits per heavy atom. The molecule has 7 nitrogen and oxygen atoms in total. The molecule has 0 unspecified atom stereocenters. The first-order valence-electron chi connectivity index (χ1n) is 9.09. The largest absolute Gasteiger partial charge is 0.382 e. The van der Waals surface area contributed by atoms with E-state index in [4.69, 9.17) is 5.73 Å². The number of benzene rings is 1. The molecule has 1 aromatic carbocycles. The number of nitrogens with two attached hydrogens (primary N) is 1. The third kappa shape index (κ3) is 4.54. The van der Waals surface area contributed by atoms with E-state index in [0.29, 0.717) is 42.9 Å². The zero-order valence-electron chi connectivity index (χ0n) is 15.7. The molecule has 28 heavy (non-hydrogen) atoms. The smallest absolute Gasteiger partial charge is 0.224 e. The van der Waals surface area contributed by atoms with Crippen molar-refractivity contribution in [2.24, 2.45) is 0 Å². The summed E-state index contributed by atoms with van der Waals surface area (Å²) >= 11 is 0. The van der Waals surface area contributed by atoms with Crippen LogP contribution in [0.3, 0.4) is 0 Å². The first-order valence-corrected chi connectivity index (χ1v) is 9.09. The van der Waals surface area contributed by atoms with Gasteiger partial charge in [-0.1, -0.05) is 24.3 Å². The summed E-state index contributed by atoms with van der Waals surface area (Å²) in [6, 6.07) is 15.4. The van der Waals surface area contributed by atoms with Crippen LogP contribution in [0.4, 0.5) is 5.82 Å². The first-order chi connectivity index (χ1) is 13.6. The van der Waals surface area contributed by atoms with Crippen molar-refractivity contribution in [2.75, 3.05) is 12.3 Å². The molecule has 0 atom stereocenters. The molecule has 0 aliphatic rings. The fourth-order valence-electron chi connectivity index (χ4n) is 2.88. The second-order valence-electron chi connectivity index (χ2n) is 6.50. The lowest BCUT2D eigenvalue weighted by molar-refractivity contribution is -0.120. The third-order valence-electron chi connectivity index (χ3n) is 4.36. The van der Waals surface area contributed by atoms with Crippen molar-refractivity contribution in [1.29, 1.82) is 5.26 Å². The number of anilines is 1. The van der Waals surface area contributed by atoms with E-state index in [-0.39, 0.29) is 5.91 Å². The number of nitrogens with one attached hydrogen (secondary N) is 1. The molecular weight excluding hydrogens is 352 g/mol.